The van der Waals surface area contributed by atoms with E-state index >= 15 is 0 Å². The topological polar surface area (TPSA) is 78.3 Å². The number of ether oxygens (including phenoxy) is 2. The molecular formula is C27H27ClN4O3S. The van der Waals surface area contributed by atoms with Crippen molar-refractivity contribution in [3.63, 3.8) is 0 Å². The highest BCUT2D eigenvalue weighted by Crippen LogP contribution is 2.31. The smallest absolute Gasteiger partial charge is 0.251 e. The van der Waals surface area contributed by atoms with Gasteiger partial charge in [-0.2, -0.15) is 0 Å². The quantitative estimate of drug-likeness (QED) is 0.270. The molecule has 1 N–H and O–H groups in total. The van der Waals surface area contributed by atoms with Crippen LogP contribution in [0.5, 0.6) is 11.5 Å². The molecule has 0 fully saturated rings. The van der Waals surface area contributed by atoms with Gasteiger partial charge in [0.05, 0.1) is 25.9 Å². The first-order valence-corrected chi connectivity index (χ1v) is 12.7. The Kier molecular flexibility index (Phi) is 8.18. The molecule has 186 valence electrons. The van der Waals surface area contributed by atoms with Gasteiger partial charge in [-0.1, -0.05) is 41.6 Å². The molecule has 0 spiro atoms. The number of carbonyl (C=O) groups excluding carboxylic acids is 1. The SMILES string of the molecule is COc1ccc(C(=O)NC(C)c2nnc(SCc3cccc(OC)c3)n2-c2cc(Cl)ccc2C)cc1. The molecule has 36 heavy (non-hydrogen) atoms. The first kappa shape index (κ1) is 25.6. The highest BCUT2D eigenvalue weighted by atomic mass is 35.5. The molecule has 3 aromatic carbocycles. The van der Waals surface area contributed by atoms with E-state index in [0.717, 1.165) is 22.6 Å². The minimum absolute atomic E-state index is 0.215. The molecule has 0 aliphatic heterocycles. The van der Waals surface area contributed by atoms with Crippen LogP contribution >= 0.6 is 23.4 Å². The largest absolute Gasteiger partial charge is 0.497 e. The number of nitrogens with one attached hydrogen (secondary N) is 1. The predicted molar refractivity (Wildman–Crippen MR) is 143 cm³/mol. The summed E-state index contributed by atoms with van der Waals surface area (Å²) in [6.07, 6.45) is 0. The van der Waals surface area contributed by atoms with Crippen molar-refractivity contribution in [1.82, 2.24) is 20.1 Å². The summed E-state index contributed by atoms with van der Waals surface area (Å²) in [6.45, 7) is 3.89. The summed E-state index contributed by atoms with van der Waals surface area (Å²) in [4.78, 5) is 12.9. The van der Waals surface area contributed by atoms with Crippen molar-refractivity contribution < 1.29 is 14.3 Å². The monoisotopic (exact) mass is 522 g/mol. The molecule has 4 aromatic rings. The molecule has 0 radical (unpaired) electrons. The van der Waals surface area contributed by atoms with E-state index in [1.165, 1.54) is 0 Å². The zero-order chi connectivity index (χ0) is 25.7. The molecule has 9 heteroatoms. The van der Waals surface area contributed by atoms with Crippen LogP contribution < -0.4 is 14.8 Å². The van der Waals surface area contributed by atoms with Crippen LogP contribution in [0.4, 0.5) is 0 Å². The van der Waals surface area contributed by atoms with E-state index < -0.39 is 6.04 Å². The Labute approximate surface area is 219 Å². The highest BCUT2D eigenvalue weighted by molar-refractivity contribution is 7.98. The van der Waals surface area contributed by atoms with E-state index in [0.29, 0.717) is 33.1 Å². The predicted octanol–water partition coefficient (Wildman–Crippen LogP) is 6.03. The number of halogens is 1. The van der Waals surface area contributed by atoms with Crippen molar-refractivity contribution in [3.05, 3.63) is 94.3 Å². The summed E-state index contributed by atoms with van der Waals surface area (Å²) in [6, 6.07) is 20.1. The van der Waals surface area contributed by atoms with Gasteiger partial charge in [0.15, 0.2) is 11.0 Å². The number of methoxy groups -OCH3 is 2. The van der Waals surface area contributed by atoms with Crippen molar-refractivity contribution in [1.29, 1.82) is 0 Å². The van der Waals surface area contributed by atoms with Gasteiger partial charge in [-0.3, -0.25) is 9.36 Å². The molecule has 1 heterocycles. The second kappa shape index (κ2) is 11.5. The lowest BCUT2D eigenvalue weighted by atomic mass is 10.1. The van der Waals surface area contributed by atoms with Crippen molar-refractivity contribution in [3.8, 4) is 17.2 Å². The summed E-state index contributed by atoms with van der Waals surface area (Å²) in [5.41, 5.74) is 3.50. The maximum Gasteiger partial charge on any atom is 0.251 e. The van der Waals surface area contributed by atoms with Crippen LogP contribution in [0.2, 0.25) is 5.02 Å². The Morgan fingerprint density at radius 1 is 1.03 bits per heavy atom. The number of nitrogens with zero attached hydrogens (tertiary/aromatic N) is 3. The van der Waals surface area contributed by atoms with Gasteiger partial charge in [0.25, 0.3) is 5.91 Å². The van der Waals surface area contributed by atoms with Crippen LogP contribution in [0.25, 0.3) is 5.69 Å². The molecule has 1 aromatic heterocycles. The first-order valence-electron chi connectivity index (χ1n) is 11.3. The van der Waals surface area contributed by atoms with E-state index in [2.05, 4.69) is 15.5 Å². The van der Waals surface area contributed by atoms with Crippen molar-refractivity contribution in [2.45, 2.75) is 30.8 Å². The van der Waals surface area contributed by atoms with Crippen LogP contribution in [0.1, 0.15) is 40.3 Å². The van der Waals surface area contributed by atoms with Gasteiger partial charge < -0.3 is 14.8 Å². The number of aromatic nitrogens is 3. The number of hydrogen-bond acceptors (Lipinski definition) is 6. The lowest BCUT2D eigenvalue weighted by Gasteiger charge is -2.18. The van der Waals surface area contributed by atoms with Crippen molar-refractivity contribution >= 4 is 29.3 Å². The normalized spacial score (nSPS) is 11.7. The molecule has 7 nitrogen and oxygen atoms in total. The number of thioether (sulfide) groups is 1. The Morgan fingerprint density at radius 3 is 2.50 bits per heavy atom. The lowest BCUT2D eigenvalue weighted by Crippen LogP contribution is -2.28. The molecule has 4 rings (SSSR count). The van der Waals surface area contributed by atoms with Crippen LogP contribution in [-0.2, 0) is 5.75 Å². The van der Waals surface area contributed by atoms with Gasteiger partial charge in [-0.05, 0) is 73.5 Å². The fourth-order valence-corrected chi connectivity index (χ4v) is 4.76. The van der Waals surface area contributed by atoms with Crippen LogP contribution in [0.3, 0.4) is 0 Å². The molecule has 0 aliphatic rings. The Balaban J connectivity index is 1.64. The molecule has 1 unspecified atom stereocenters. The minimum Gasteiger partial charge on any atom is -0.497 e. The van der Waals surface area contributed by atoms with Gasteiger partial charge in [0, 0.05) is 16.3 Å². The zero-order valence-corrected chi connectivity index (χ0v) is 22.1. The maximum atomic E-state index is 12.9. The van der Waals surface area contributed by atoms with Gasteiger partial charge in [-0.25, -0.2) is 0 Å². The summed E-state index contributed by atoms with van der Waals surface area (Å²) in [7, 11) is 3.24. The molecule has 0 saturated carbocycles. The van der Waals surface area contributed by atoms with Crippen molar-refractivity contribution in [2.24, 2.45) is 0 Å². The zero-order valence-electron chi connectivity index (χ0n) is 20.5. The third kappa shape index (κ3) is 5.83. The number of aryl methyl sites for hydroxylation is 1. The summed E-state index contributed by atoms with van der Waals surface area (Å²) >= 11 is 7.91. The Hall–Kier alpha value is -3.49. The van der Waals surface area contributed by atoms with Crippen molar-refractivity contribution in [2.75, 3.05) is 14.2 Å². The molecule has 0 bridgehead atoms. The number of hydrogen-bond donors (Lipinski definition) is 1. The van der Waals surface area contributed by atoms with Gasteiger partial charge in [0.1, 0.15) is 11.5 Å². The second-order valence-corrected chi connectivity index (χ2v) is 9.55. The number of benzene rings is 3. The fourth-order valence-electron chi connectivity index (χ4n) is 3.70. The third-order valence-electron chi connectivity index (χ3n) is 5.66. The lowest BCUT2D eigenvalue weighted by molar-refractivity contribution is 0.0938. The minimum atomic E-state index is -0.420. The number of carbonyl (C=O) groups is 1. The molecule has 1 amide bonds. The Bertz CT molecular complexity index is 1360. The molecule has 0 aliphatic carbocycles. The van der Waals surface area contributed by atoms with Gasteiger partial charge >= 0.3 is 0 Å². The number of rotatable bonds is 9. The highest BCUT2D eigenvalue weighted by Gasteiger charge is 2.23. The average molecular weight is 523 g/mol. The molecule has 0 saturated heterocycles. The van der Waals surface area contributed by atoms with E-state index in [-0.39, 0.29) is 5.91 Å². The number of amides is 1. The van der Waals surface area contributed by atoms with E-state index in [4.69, 9.17) is 21.1 Å². The standard InChI is InChI=1S/C27H27ClN4O3S/c1-17-8-11-21(28)15-24(17)32-25(18(2)29-26(33)20-9-12-22(34-3)13-10-20)30-31-27(32)36-16-19-6-5-7-23(14-19)35-4/h5-15,18H,16H2,1-4H3,(H,29,33). The third-order valence-corrected chi connectivity index (χ3v) is 6.89. The first-order chi connectivity index (χ1) is 17.4. The van der Waals surface area contributed by atoms with E-state index in [1.807, 2.05) is 60.9 Å². The summed E-state index contributed by atoms with van der Waals surface area (Å²) in [5.74, 6) is 2.55. The van der Waals surface area contributed by atoms with Crippen LogP contribution in [-0.4, -0.2) is 34.9 Å². The Morgan fingerprint density at radius 2 is 1.78 bits per heavy atom. The maximum absolute atomic E-state index is 12.9. The molecule has 1 atom stereocenters. The summed E-state index contributed by atoms with van der Waals surface area (Å²) in [5, 5.41) is 13.3. The van der Waals surface area contributed by atoms with E-state index in [9.17, 15) is 4.79 Å². The van der Waals surface area contributed by atoms with Crippen LogP contribution in [0.15, 0.2) is 71.9 Å². The average Bonchev–Trinajstić information content (AvgIpc) is 3.33. The van der Waals surface area contributed by atoms with E-state index in [1.54, 1.807) is 50.2 Å². The van der Waals surface area contributed by atoms with Gasteiger partial charge in [-0.15, -0.1) is 10.2 Å². The van der Waals surface area contributed by atoms with Crippen LogP contribution in [0, 0.1) is 6.92 Å². The summed E-state index contributed by atoms with van der Waals surface area (Å²) < 4.78 is 12.5. The molecular weight excluding hydrogens is 496 g/mol. The fraction of sp³-hybridized carbons (Fsp3) is 0.222. The van der Waals surface area contributed by atoms with Gasteiger partial charge in [0.2, 0.25) is 0 Å². The second-order valence-electron chi connectivity index (χ2n) is 8.17.